The summed E-state index contributed by atoms with van der Waals surface area (Å²) in [4.78, 5) is 7.10. The first kappa shape index (κ1) is 22.1. The average molecular weight is 403 g/mol. The lowest BCUT2D eigenvalue weighted by molar-refractivity contribution is 0.0368. The highest BCUT2D eigenvalue weighted by atomic mass is 16.5. The molecule has 1 saturated carbocycles. The van der Waals surface area contributed by atoms with Gasteiger partial charge in [0.25, 0.3) is 0 Å². The Labute approximate surface area is 175 Å². The molecule has 1 heterocycles. The largest absolute Gasteiger partial charge is 0.389 e. The van der Waals surface area contributed by atoms with Crippen molar-refractivity contribution in [1.82, 2.24) is 15.5 Å². The molecule has 1 aromatic carbocycles. The fourth-order valence-electron chi connectivity index (χ4n) is 3.68. The number of ether oxygens (including phenoxy) is 1. The topological polar surface area (TPSA) is 69.1 Å². The van der Waals surface area contributed by atoms with Crippen molar-refractivity contribution in [2.24, 2.45) is 10.9 Å². The van der Waals surface area contributed by atoms with Gasteiger partial charge in [-0.15, -0.1) is 0 Å². The smallest absolute Gasteiger partial charge is 0.191 e. The molecule has 2 fully saturated rings. The number of hydrogen-bond acceptors (Lipinski definition) is 4. The molecule has 3 N–H and O–H groups in total. The summed E-state index contributed by atoms with van der Waals surface area (Å²) in [5.41, 5.74) is 2.79. The van der Waals surface area contributed by atoms with E-state index in [1.165, 1.54) is 24.0 Å². The zero-order valence-electron chi connectivity index (χ0n) is 18.1. The molecule has 2 aliphatic rings. The van der Waals surface area contributed by atoms with Crippen LogP contribution in [0.4, 0.5) is 0 Å². The third-order valence-corrected chi connectivity index (χ3v) is 5.75. The molecular formula is C23H38N4O2. The van der Waals surface area contributed by atoms with Crippen molar-refractivity contribution in [1.29, 1.82) is 0 Å². The second kappa shape index (κ2) is 11.5. The second-order valence-corrected chi connectivity index (χ2v) is 8.48. The van der Waals surface area contributed by atoms with E-state index in [9.17, 15) is 5.11 Å². The van der Waals surface area contributed by atoms with E-state index >= 15 is 0 Å². The summed E-state index contributed by atoms with van der Waals surface area (Å²) >= 11 is 0. The molecule has 1 aliphatic heterocycles. The summed E-state index contributed by atoms with van der Waals surface area (Å²) in [6.45, 7) is 9.79. The highest BCUT2D eigenvalue weighted by molar-refractivity contribution is 5.80. The standard InChI is InChI=1S/C23H38N4O2/c1-3-24-23(25-14-22(28)17-29-16-19-8-9-19)26-21-10-12-27(13-11-21)15-20-7-5-4-6-18(20)2/h4-7,19,21-22,28H,3,8-17H2,1-2H3,(H2,24,25,26). The number of nitrogens with one attached hydrogen (secondary N) is 2. The number of likely N-dealkylation sites (tertiary alicyclic amines) is 1. The molecule has 1 atom stereocenters. The van der Waals surface area contributed by atoms with Gasteiger partial charge >= 0.3 is 0 Å². The molecule has 0 amide bonds. The van der Waals surface area contributed by atoms with Gasteiger partial charge in [0.1, 0.15) is 0 Å². The van der Waals surface area contributed by atoms with Crippen LogP contribution in [-0.2, 0) is 11.3 Å². The molecule has 0 aromatic heterocycles. The van der Waals surface area contributed by atoms with Crippen molar-refractivity contribution in [3.63, 3.8) is 0 Å². The first-order valence-corrected chi connectivity index (χ1v) is 11.2. The summed E-state index contributed by atoms with van der Waals surface area (Å²) in [7, 11) is 0. The maximum absolute atomic E-state index is 10.1. The van der Waals surface area contributed by atoms with Gasteiger partial charge in [0, 0.05) is 38.8 Å². The number of nitrogens with zero attached hydrogens (tertiary/aromatic N) is 2. The van der Waals surface area contributed by atoms with Crippen LogP contribution in [0.15, 0.2) is 29.3 Å². The molecule has 1 unspecified atom stereocenters. The van der Waals surface area contributed by atoms with E-state index in [0.29, 0.717) is 19.2 Å². The van der Waals surface area contributed by atoms with Crippen LogP contribution in [0.2, 0.25) is 0 Å². The Kier molecular flexibility index (Phi) is 8.77. The fraction of sp³-hybridized carbons (Fsp3) is 0.696. The Morgan fingerprint density at radius 1 is 1.24 bits per heavy atom. The summed E-state index contributed by atoms with van der Waals surface area (Å²) < 4.78 is 5.56. The molecule has 6 heteroatoms. The van der Waals surface area contributed by atoms with Gasteiger partial charge in [0.05, 0.1) is 19.3 Å². The van der Waals surface area contributed by atoms with Crippen LogP contribution in [0.1, 0.15) is 43.7 Å². The van der Waals surface area contributed by atoms with Crippen LogP contribution in [0.3, 0.4) is 0 Å². The van der Waals surface area contributed by atoms with Crippen molar-refractivity contribution in [3.8, 4) is 0 Å². The molecule has 29 heavy (non-hydrogen) atoms. The predicted molar refractivity (Wildman–Crippen MR) is 118 cm³/mol. The Hall–Kier alpha value is -1.63. The first-order chi connectivity index (χ1) is 14.1. The summed E-state index contributed by atoms with van der Waals surface area (Å²) in [6.07, 6.45) is 4.20. The van der Waals surface area contributed by atoms with Crippen LogP contribution in [0, 0.1) is 12.8 Å². The summed E-state index contributed by atoms with van der Waals surface area (Å²) in [5.74, 6) is 1.52. The minimum absolute atomic E-state index is 0.367. The van der Waals surface area contributed by atoms with E-state index in [2.05, 4.69) is 58.6 Å². The number of hydrogen-bond donors (Lipinski definition) is 3. The van der Waals surface area contributed by atoms with Crippen molar-refractivity contribution in [2.45, 2.75) is 58.2 Å². The van der Waals surface area contributed by atoms with Gasteiger partial charge < -0.3 is 20.5 Å². The minimum atomic E-state index is -0.542. The molecule has 1 saturated heterocycles. The quantitative estimate of drug-likeness (QED) is 0.414. The number of aliphatic hydroxyl groups excluding tert-OH is 1. The fourth-order valence-corrected chi connectivity index (χ4v) is 3.68. The van der Waals surface area contributed by atoms with Crippen LogP contribution in [0.5, 0.6) is 0 Å². The van der Waals surface area contributed by atoms with Crippen molar-refractivity contribution in [2.75, 3.05) is 39.4 Å². The lowest BCUT2D eigenvalue weighted by Crippen LogP contribution is -2.48. The lowest BCUT2D eigenvalue weighted by atomic mass is 10.0. The molecule has 162 valence electrons. The summed E-state index contributed by atoms with van der Waals surface area (Å²) in [5, 5.41) is 17.0. The zero-order valence-corrected chi connectivity index (χ0v) is 18.1. The van der Waals surface area contributed by atoms with Gasteiger partial charge in [-0.2, -0.15) is 0 Å². The van der Waals surface area contributed by atoms with Gasteiger partial charge in [0.2, 0.25) is 0 Å². The first-order valence-electron chi connectivity index (χ1n) is 11.2. The average Bonchev–Trinajstić information content (AvgIpc) is 3.54. The van der Waals surface area contributed by atoms with E-state index in [0.717, 1.165) is 57.5 Å². The highest BCUT2D eigenvalue weighted by Gasteiger charge is 2.22. The molecular weight excluding hydrogens is 364 g/mol. The minimum Gasteiger partial charge on any atom is -0.389 e. The monoisotopic (exact) mass is 402 g/mol. The molecule has 3 rings (SSSR count). The number of aryl methyl sites for hydroxylation is 1. The van der Waals surface area contributed by atoms with E-state index in [-0.39, 0.29) is 0 Å². The number of aliphatic imine (C=N–C) groups is 1. The van der Waals surface area contributed by atoms with Crippen molar-refractivity contribution >= 4 is 5.96 Å². The Balaban J connectivity index is 1.39. The number of aliphatic hydroxyl groups is 1. The van der Waals surface area contributed by atoms with Gasteiger partial charge in [-0.05, 0) is 56.6 Å². The molecule has 0 radical (unpaired) electrons. The number of benzene rings is 1. The van der Waals surface area contributed by atoms with Gasteiger partial charge in [-0.1, -0.05) is 24.3 Å². The van der Waals surface area contributed by atoms with Crippen LogP contribution in [-0.4, -0.2) is 67.5 Å². The van der Waals surface area contributed by atoms with E-state index in [1.807, 2.05) is 0 Å². The molecule has 1 aliphatic carbocycles. The predicted octanol–water partition coefficient (Wildman–Crippen LogP) is 2.30. The van der Waals surface area contributed by atoms with E-state index in [4.69, 9.17) is 4.74 Å². The Morgan fingerprint density at radius 2 is 2.00 bits per heavy atom. The maximum atomic E-state index is 10.1. The molecule has 6 nitrogen and oxygen atoms in total. The van der Waals surface area contributed by atoms with E-state index < -0.39 is 6.10 Å². The third kappa shape index (κ3) is 7.96. The highest BCUT2D eigenvalue weighted by Crippen LogP contribution is 2.28. The third-order valence-electron chi connectivity index (χ3n) is 5.75. The van der Waals surface area contributed by atoms with Gasteiger partial charge in [-0.3, -0.25) is 9.89 Å². The number of piperidine rings is 1. The van der Waals surface area contributed by atoms with Crippen molar-refractivity contribution < 1.29 is 9.84 Å². The van der Waals surface area contributed by atoms with Crippen molar-refractivity contribution in [3.05, 3.63) is 35.4 Å². The number of rotatable bonds is 10. The maximum Gasteiger partial charge on any atom is 0.191 e. The second-order valence-electron chi connectivity index (χ2n) is 8.48. The molecule has 0 spiro atoms. The Morgan fingerprint density at radius 3 is 2.69 bits per heavy atom. The van der Waals surface area contributed by atoms with Crippen LogP contribution < -0.4 is 10.6 Å². The lowest BCUT2D eigenvalue weighted by Gasteiger charge is -2.33. The zero-order chi connectivity index (χ0) is 20.5. The van der Waals surface area contributed by atoms with E-state index in [1.54, 1.807) is 0 Å². The Bertz CT molecular complexity index is 640. The summed E-state index contributed by atoms with van der Waals surface area (Å²) in [6, 6.07) is 9.07. The number of guanidine groups is 1. The molecule has 0 bridgehead atoms. The van der Waals surface area contributed by atoms with Gasteiger partial charge in [-0.25, -0.2) is 0 Å². The molecule has 1 aromatic rings. The van der Waals surface area contributed by atoms with Crippen LogP contribution in [0.25, 0.3) is 0 Å². The SMILES string of the molecule is CCNC(=NCC(O)COCC1CC1)NC1CCN(Cc2ccccc2C)CC1. The van der Waals surface area contributed by atoms with Gasteiger partial charge in [0.15, 0.2) is 5.96 Å². The van der Waals surface area contributed by atoms with Crippen LogP contribution >= 0.6 is 0 Å². The normalized spacial score (nSPS) is 19.9.